The molecule has 0 bridgehead atoms. The number of hydrogen-bond acceptors (Lipinski definition) is 5. The maximum absolute atomic E-state index is 12.0. The Labute approximate surface area is 139 Å². The number of thioether (sulfide) groups is 1. The molecular weight excluding hydrogens is 314 g/mol. The number of rotatable bonds is 6. The van der Waals surface area contributed by atoms with Crippen molar-refractivity contribution in [2.75, 3.05) is 25.3 Å². The molecule has 23 heavy (non-hydrogen) atoms. The highest BCUT2D eigenvalue weighted by atomic mass is 32.2. The standard InChI is InChI=1S/C17H17NO4S/c1-21-13-7-5-6-12(10-13)18-16(19)11-22-17(20)14-8-3-4-9-15(14)23-2/h3-10H,11H2,1-2H3,(H,18,19). The zero-order chi connectivity index (χ0) is 16.7. The normalized spacial score (nSPS) is 10.0. The van der Waals surface area contributed by atoms with E-state index < -0.39 is 11.9 Å². The van der Waals surface area contributed by atoms with Crippen LogP contribution in [-0.4, -0.2) is 31.8 Å². The van der Waals surface area contributed by atoms with Gasteiger partial charge in [0.2, 0.25) is 0 Å². The van der Waals surface area contributed by atoms with E-state index in [1.807, 2.05) is 18.4 Å². The van der Waals surface area contributed by atoms with E-state index in [0.29, 0.717) is 17.0 Å². The molecule has 1 N–H and O–H groups in total. The summed E-state index contributed by atoms with van der Waals surface area (Å²) in [5, 5.41) is 2.65. The van der Waals surface area contributed by atoms with E-state index in [4.69, 9.17) is 9.47 Å². The molecule has 0 unspecified atom stereocenters. The van der Waals surface area contributed by atoms with Gasteiger partial charge in [-0.15, -0.1) is 11.8 Å². The zero-order valence-corrected chi connectivity index (χ0v) is 13.7. The van der Waals surface area contributed by atoms with Crippen molar-refractivity contribution in [3.05, 3.63) is 54.1 Å². The largest absolute Gasteiger partial charge is 0.497 e. The lowest BCUT2D eigenvalue weighted by atomic mass is 10.2. The SMILES string of the molecule is COc1cccc(NC(=O)COC(=O)c2ccccc2SC)c1. The summed E-state index contributed by atoms with van der Waals surface area (Å²) in [6.07, 6.45) is 1.88. The lowest BCUT2D eigenvalue weighted by molar-refractivity contribution is -0.119. The van der Waals surface area contributed by atoms with Crippen LogP contribution in [0, 0.1) is 0 Å². The second kappa shape index (κ2) is 8.24. The molecule has 0 spiro atoms. The van der Waals surface area contributed by atoms with Gasteiger partial charge in [-0.2, -0.15) is 0 Å². The van der Waals surface area contributed by atoms with E-state index in [0.717, 1.165) is 4.90 Å². The minimum absolute atomic E-state index is 0.348. The number of esters is 1. The van der Waals surface area contributed by atoms with Crippen LogP contribution >= 0.6 is 11.8 Å². The minimum atomic E-state index is -0.518. The van der Waals surface area contributed by atoms with Gasteiger partial charge in [-0.05, 0) is 30.5 Å². The molecule has 0 aliphatic rings. The fourth-order valence-corrected chi connectivity index (χ4v) is 2.51. The van der Waals surface area contributed by atoms with Gasteiger partial charge in [-0.3, -0.25) is 4.79 Å². The molecule has 0 fully saturated rings. The lowest BCUT2D eigenvalue weighted by Crippen LogP contribution is -2.21. The second-order valence-corrected chi connectivity index (χ2v) is 5.40. The molecule has 0 saturated heterocycles. The third-order valence-electron chi connectivity index (χ3n) is 3.01. The summed E-state index contributed by atoms with van der Waals surface area (Å²) in [6, 6.07) is 14.1. The maximum atomic E-state index is 12.0. The van der Waals surface area contributed by atoms with Gasteiger partial charge in [0.15, 0.2) is 6.61 Å². The average molecular weight is 331 g/mol. The Kier molecular flexibility index (Phi) is 6.05. The van der Waals surface area contributed by atoms with Crippen molar-refractivity contribution in [1.29, 1.82) is 0 Å². The number of carbonyl (C=O) groups is 2. The molecule has 0 aliphatic heterocycles. The van der Waals surface area contributed by atoms with Gasteiger partial charge in [0.05, 0.1) is 12.7 Å². The monoisotopic (exact) mass is 331 g/mol. The first-order valence-corrected chi connectivity index (χ1v) is 8.10. The van der Waals surface area contributed by atoms with E-state index in [9.17, 15) is 9.59 Å². The highest BCUT2D eigenvalue weighted by Crippen LogP contribution is 2.20. The van der Waals surface area contributed by atoms with Crippen LogP contribution in [0.4, 0.5) is 5.69 Å². The summed E-state index contributed by atoms with van der Waals surface area (Å²) in [6.45, 7) is -0.348. The number of amides is 1. The highest BCUT2D eigenvalue weighted by molar-refractivity contribution is 7.98. The van der Waals surface area contributed by atoms with Crippen molar-refractivity contribution in [2.45, 2.75) is 4.90 Å². The molecule has 0 saturated carbocycles. The Hall–Kier alpha value is -2.47. The van der Waals surface area contributed by atoms with Crippen molar-refractivity contribution < 1.29 is 19.1 Å². The number of hydrogen-bond donors (Lipinski definition) is 1. The van der Waals surface area contributed by atoms with Gasteiger partial charge in [0.1, 0.15) is 5.75 Å². The van der Waals surface area contributed by atoms with Gasteiger partial charge in [0, 0.05) is 16.6 Å². The number of nitrogens with one attached hydrogen (secondary N) is 1. The van der Waals surface area contributed by atoms with Crippen LogP contribution in [0.1, 0.15) is 10.4 Å². The molecule has 0 heterocycles. The van der Waals surface area contributed by atoms with Gasteiger partial charge < -0.3 is 14.8 Å². The van der Waals surface area contributed by atoms with Crippen LogP contribution in [0.15, 0.2) is 53.4 Å². The topological polar surface area (TPSA) is 64.6 Å². The number of anilines is 1. The fourth-order valence-electron chi connectivity index (χ4n) is 1.92. The van der Waals surface area contributed by atoms with Gasteiger partial charge in [0.25, 0.3) is 5.91 Å². The number of methoxy groups -OCH3 is 1. The van der Waals surface area contributed by atoms with Crippen LogP contribution in [-0.2, 0) is 9.53 Å². The van der Waals surface area contributed by atoms with E-state index in [1.54, 1.807) is 43.5 Å². The van der Waals surface area contributed by atoms with Crippen molar-refractivity contribution >= 4 is 29.3 Å². The fraction of sp³-hybridized carbons (Fsp3) is 0.176. The Bertz CT molecular complexity index is 702. The molecule has 2 aromatic rings. The Balaban J connectivity index is 1.92. The average Bonchev–Trinajstić information content (AvgIpc) is 2.59. The van der Waals surface area contributed by atoms with Gasteiger partial charge >= 0.3 is 5.97 Å². The van der Waals surface area contributed by atoms with Crippen molar-refractivity contribution in [1.82, 2.24) is 0 Å². The van der Waals surface area contributed by atoms with Crippen LogP contribution in [0.3, 0.4) is 0 Å². The Morgan fingerprint density at radius 1 is 1.13 bits per heavy atom. The predicted octanol–water partition coefficient (Wildman–Crippen LogP) is 3.21. The molecule has 1 amide bonds. The molecule has 2 aromatic carbocycles. The van der Waals surface area contributed by atoms with E-state index in [2.05, 4.69) is 5.32 Å². The summed E-state index contributed by atoms with van der Waals surface area (Å²) >= 11 is 1.45. The van der Waals surface area contributed by atoms with E-state index >= 15 is 0 Å². The highest BCUT2D eigenvalue weighted by Gasteiger charge is 2.13. The summed E-state index contributed by atoms with van der Waals surface area (Å²) in [5.41, 5.74) is 1.03. The quantitative estimate of drug-likeness (QED) is 0.650. The smallest absolute Gasteiger partial charge is 0.339 e. The lowest BCUT2D eigenvalue weighted by Gasteiger charge is -2.09. The number of benzene rings is 2. The van der Waals surface area contributed by atoms with Crippen molar-refractivity contribution in [2.24, 2.45) is 0 Å². The minimum Gasteiger partial charge on any atom is -0.497 e. The molecular formula is C17H17NO4S. The van der Waals surface area contributed by atoms with Crippen molar-refractivity contribution in [3.63, 3.8) is 0 Å². The van der Waals surface area contributed by atoms with Crippen molar-refractivity contribution in [3.8, 4) is 5.75 Å². The van der Waals surface area contributed by atoms with E-state index in [-0.39, 0.29) is 6.61 Å². The third kappa shape index (κ3) is 4.75. The third-order valence-corrected chi connectivity index (χ3v) is 3.81. The molecule has 0 aliphatic carbocycles. The molecule has 0 radical (unpaired) electrons. The summed E-state index contributed by atoms with van der Waals surface area (Å²) in [7, 11) is 1.55. The molecule has 120 valence electrons. The number of carbonyl (C=O) groups excluding carboxylic acids is 2. The zero-order valence-electron chi connectivity index (χ0n) is 12.9. The van der Waals surface area contributed by atoms with Crippen LogP contribution in [0.5, 0.6) is 5.75 Å². The molecule has 6 heteroatoms. The Morgan fingerprint density at radius 2 is 1.91 bits per heavy atom. The van der Waals surface area contributed by atoms with Crippen LogP contribution < -0.4 is 10.1 Å². The van der Waals surface area contributed by atoms with Crippen LogP contribution in [0.2, 0.25) is 0 Å². The molecule has 2 rings (SSSR count). The molecule has 0 atom stereocenters. The molecule has 5 nitrogen and oxygen atoms in total. The van der Waals surface area contributed by atoms with Crippen LogP contribution in [0.25, 0.3) is 0 Å². The number of ether oxygens (including phenoxy) is 2. The molecule has 0 aromatic heterocycles. The first-order valence-electron chi connectivity index (χ1n) is 6.88. The summed E-state index contributed by atoms with van der Waals surface area (Å²) < 4.78 is 10.1. The van der Waals surface area contributed by atoms with Gasteiger partial charge in [-0.1, -0.05) is 18.2 Å². The maximum Gasteiger partial charge on any atom is 0.339 e. The first kappa shape index (κ1) is 16.9. The summed E-state index contributed by atoms with van der Waals surface area (Å²) in [4.78, 5) is 24.7. The summed E-state index contributed by atoms with van der Waals surface area (Å²) in [5.74, 6) is -0.294. The van der Waals surface area contributed by atoms with E-state index in [1.165, 1.54) is 11.8 Å². The second-order valence-electron chi connectivity index (χ2n) is 4.56. The van der Waals surface area contributed by atoms with Gasteiger partial charge in [-0.25, -0.2) is 4.79 Å². The first-order chi connectivity index (χ1) is 11.1. The Morgan fingerprint density at radius 3 is 2.65 bits per heavy atom. The predicted molar refractivity (Wildman–Crippen MR) is 90.1 cm³/mol.